The Balaban J connectivity index is 3.11. The number of methoxy groups -OCH3 is 1. The van der Waals surface area contributed by atoms with E-state index in [9.17, 15) is 14.7 Å². The normalized spacial score (nSPS) is 12.5. The zero-order chi connectivity index (χ0) is 17.1. The summed E-state index contributed by atoms with van der Waals surface area (Å²) in [6.45, 7) is 5.18. The van der Waals surface area contributed by atoms with Crippen LogP contribution in [0.5, 0.6) is 5.75 Å². The van der Waals surface area contributed by atoms with Gasteiger partial charge in [-0.3, -0.25) is 4.90 Å². The fraction of sp³-hybridized carbons (Fsp3) is 0.467. The summed E-state index contributed by atoms with van der Waals surface area (Å²) in [7, 11) is 2.95. The van der Waals surface area contributed by atoms with Crippen LogP contribution < -0.4 is 4.74 Å². The summed E-state index contributed by atoms with van der Waals surface area (Å²) < 4.78 is 11.1. The van der Waals surface area contributed by atoms with Crippen molar-refractivity contribution in [2.24, 2.45) is 0 Å². The number of halogens is 1. The fourth-order valence-corrected chi connectivity index (χ4v) is 2.58. The van der Waals surface area contributed by atoms with Gasteiger partial charge in [0.1, 0.15) is 11.4 Å². The lowest BCUT2D eigenvalue weighted by Gasteiger charge is -2.28. The predicted molar refractivity (Wildman–Crippen MR) is 90.1 cm³/mol. The largest absolute Gasteiger partial charge is 0.496 e. The van der Waals surface area contributed by atoms with E-state index in [4.69, 9.17) is 9.47 Å². The first-order valence-corrected chi connectivity index (χ1v) is 7.66. The SMILES string of the molecule is COc1ccc([C@@H](C(=O)O)N(C)C(=O)OC(C)(C)C)cc1I. The number of hydrogen-bond acceptors (Lipinski definition) is 4. The van der Waals surface area contributed by atoms with Gasteiger partial charge in [0.25, 0.3) is 0 Å². The topological polar surface area (TPSA) is 76.1 Å². The molecule has 1 aromatic rings. The first-order valence-electron chi connectivity index (χ1n) is 6.59. The van der Waals surface area contributed by atoms with Crippen molar-refractivity contribution in [3.05, 3.63) is 27.3 Å². The maximum Gasteiger partial charge on any atom is 0.411 e. The van der Waals surface area contributed by atoms with Crippen molar-refractivity contribution in [1.82, 2.24) is 4.90 Å². The Morgan fingerprint density at radius 3 is 2.32 bits per heavy atom. The molecule has 0 aliphatic heterocycles. The highest BCUT2D eigenvalue weighted by atomic mass is 127. The molecule has 7 heteroatoms. The lowest BCUT2D eigenvalue weighted by atomic mass is 10.1. The van der Waals surface area contributed by atoms with Crippen LogP contribution in [0.3, 0.4) is 0 Å². The van der Waals surface area contributed by atoms with Gasteiger partial charge in [0.2, 0.25) is 0 Å². The predicted octanol–water partition coefficient (Wildman–Crippen LogP) is 3.29. The van der Waals surface area contributed by atoms with E-state index in [1.165, 1.54) is 7.05 Å². The van der Waals surface area contributed by atoms with E-state index >= 15 is 0 Å². The molecule has 0 aliphatic carbocycles. The number of carboxylic acids is 1. The Morgan fingerprint density at radius 2 is 1.91 bits per heavy atom. The zero-order valence-corrected chi connectivity index (χ0v) is 15.4. The molecule has 22 heavy (non-hydrogen) atoms. The highest BCUT2D eigenvalue weighted by molar-refractivity contribution is 14.1. The minimum atomic E-state index is -1.13. The number of hydrogen-bond donors (Lipinski definition) is 1. The van der Waals surface area contributed by atoms with Crippen LogP contribution in [0, 0.1) is 3.57 Å². The van der Waals surface area contributed by atoms with Crippen LogP contribution in [0.15, 0.2) is 18.2 Å². The molecule has 0 unspecified atom stereocenters. The first kappa shape index (κ1) is 18.5. The van der Waals surface area contributed by atoms with Crippen LogP contribution in [0.25, 0.3) is 0 Å². The van der Waals surface area contributed by atoms with E-state index in [1.807, 2.05) is 0 Å². The standard InChI is InChI=1S/C15H20INO5/c1-15(2,3)22-14(20)17(4)12(13(18)19)9-6-7-11(21-5)10(16)8-9/h6-8,12H,1-5H3,(H,18,19)/t12-/m0/s1. The molecule has 0 aromatic heterocycles. The smallest absolute Gasteiger partial charge is 0.411 e. The van der Waals surface area contributed by atoms with Crippen LogP contribution >= 0.6 is 22.6 Å². The number of benzene rings is 1. The molecule has 0 saturated heterocycles. The molecule has 6 nitrogen and oxygen atoms in total. The molecule has 0 aliphatic rings. The number of carbonyl (C=O) groups excluding carboxylic acids is 1. The van der Waals surface area contributed by atoms with E-state index in [1.54, 1.807) is 46.1 Å². The monoisotopic (exact) mass is 421 g/mol. The molecule has 1 atom stereocenters. The van der Waals surface area contributed by atoms with Crippen molar-refractivity contribution < 1.29 is 24.2 Å². The van der Waals surface area contributed by atoms with Gasteiger partial charge in [0.05, 0.1) is 10.7 Å². The van der Waals surface area contributed by atoms with E-state index < -0.39 is 23.7 Å². The average Bonchev–Trinajstić information content (AvgIpc) is 2.36. The van der Waals surface area contributed by atoms with Gasteiger partial charge in [-0.25, -0.2) is 9.59 Å². The van der Waals surface area contributed by atoms with E-state index in [2.05, 4.69) is 22.6 Å². The zero-order valence-electron chi connectivity index (χ0n) is 13.2. The lowest BCUT2D eigenvalue weighted by molar-refractivity contribution is -0.142. The van der Waals surface area contributed by atoms with Gasteiger partial charge < -0.3 is 14.6 Å². The first-order chi connectivity index (χ1) is 10.1. The Morgan fingerprint density at radius 1 is 1.32 bits per heavy atom. The average molecular weight is 421 g/mol. The van der Waals surface area contributed by atoms with Gasteiger partial charge in [-0.15, -0.1) is 0 Å². The summed E-state index contributed by atoms with van der Waals surface area (Å²) in [6.07, 6.45) is -0.689. The number of likely N-dealkylation sites (N-methyl/N-ethyl adjacent to an activating group) is 1. The van der Waals surface area contributed by atoms with Gasteiger partial charge in [0.15, 0.2) is 6.04 Å². The Bertz CT molecular complexity index is 568. The van der Waals surface area contributed by atoms with Gasteiger partial charge in [-0.1, -0.05) is 6.07 Å². The van der Waals surface area contributed by atoms with Crippen LogP contribution in [-0.4, -0.2) is 41.8 Å². The van der Waals surface area contributed by atoms with Crippen molar-refractivity contribution in [2.45, 2.75) is 32.4 Å². The summed E-state index contributed by atoms with van der Waals surface area (Å²) in [6, 6.07) is 3.85. The Hall–Kier alpha value is -1.51. The minimum absolute atomic E-state index is 0.478. The number of rotatable bonds is 4. The van der Waals surface area contributed by atoms with E-state index in [-0.39, 0.29) is 0 Å². The molecule has 0 heterocycles. The summed E-state index contributed by atoms with van der Waals surface area (Å²) in [4.78, 5) is 24.8. The molecular formula is C15H20INO5. The number of carbonyl (C=O) groups is 2. The number of aliphatic carboxylic acids is 1. The molecule has 0 fully saturated rings. The highest BCUT2D eigenvalue weighted by Crippen LogP contribution is 2.28. The molecule has 0 saturated carbocycles. The summed E-state index contributed by atoms with van der Waals surface area (Å²) >= 11 is 2.05. The van der Waals surface area contributed by atoms with Gasteiger partial charge in [-0.05, 0) is 61.1 Å². The molecule has 1 aromatic carbocycles. The summed E-state index contributed by atoms with van der Waals surface area (Å²) in [5.74, 6) is -0.484. The fourth-order valence-electron chi connectivity index (χ4n) is 1.82. The molecule has 0 spiro atoms. The number of amides is 1. The van der Waals surface area contributed by atoms with Crippen LogP contribution in [0.2, 0.25) is 0 Å². The third kappa shape index (κ3) is 4.75. The van der Waals surface area contributed by atoms with Crippen LogP contribution in [0.4, 0.5) is 4.79 Å². The number of ether oxygens (including phenoxy) is 2. The second kappa shape index (κ2) is 7.17. The number of carboxylic acid groups (broad SMARTS) is 1. The quantitative estimate of drug-likeness (QED) is 0.756. The van der Waals surface area contributed by atoms with Crippen molar-refractivity contribution in [3.63, 3.8) is 0 Å². The van der Waals surface area contributed by atoms with Gasteiger partial charge >= 0.3 is 12.1 Å². The summed E-state index contributed by atoms with van der Waals surface area (Å²) in [5.41, 5.74) is -0.214. The van der Waals surface area contributed by atoms with Crippen molar-refractivity contribution >= 4 is 34.7 Å². The Kier molecular flexibility index (Phi) is 6.04. The molecule has 1 N–H and O–H groups in total. The molecule has 1 amide bonds. The molecular weight excluding hydrogens is 401 g/mol. The maximum absolute atomic E-state index is 12.1. The molecule has 0 bridgehead atoms. The Labute approximate surface area is 143 Å². The molecule has 122 valence electrons. The van der Waals surface area contributed by atoms with Crippen molar-refractivity contribution in [3.8, 4) is 5.75 Å². The van der Waals surface area contributed by atoms with Crippen LogP contribution in [0.1, 0.15) is 32.4 Å². The van der Waals surface area contributed by atoms with Crippen LogP contribution in [-0.2, 0) is 9.53 Å². The van der Waals surface area contributed by atoms with E-state index in [0.29, 0.717) is 11.3 Å². The van der Waals surface area contributed by atoms with Crippen molar-refractivity contribution in [1.29, 1.82) is 0 Å². The summed E-state index contributed by atoms with van der Waals surface area (Å²) in [5, 5.41) is 9.48. The second-order valence-corrected chi connectivity index (χ2v) is 6.89. The van der Waals surface area contributed by atoms with E-state index in [0.717, 1.165) is 8.47 Å². The molecule has 1 rings (SSSR count). The second-order valence-electron chi connectivity index (χ2n) is 5.73. The lowest BCUT2D eigenvalue weighted by Crippen LogP contribution is -2.39. The highest BCUT2D eigenvalue weighted by Gasteiger charge is 2.31. The third-order valence-electron chi connectivity index (χ3n) is 2.79. The number of nitrogens with zero attached hydrogens (tertiary/aromatic N) is 1. The van der Waals surface area contributed by atoms with Gasteiger partial charge in [-0.2, -0.15) is 0 Å². The van der Waals surface area contributed by atoms with Gasteiger partial charge in [0, 0.05) is 7.05 Å². The molecule has 0 radical (unpaired) electrons. The maximum atomic E-state index is 12.1. The third-order valence-corrected chi connectivity index (χ3v) is 3.64. The minimum Gasteiger partial charge on any atom is -0.496 e. The van der Waals surface area contributed by atoms with Crippen molar-refractivity contribution in [2.75, 3.05) is 14.2 Å².